The minimum Gasteiger partial charge on any atom is -0.402 e. The van der Waals surface area contributed by atoms with Gasteiger partial charge in [-0.1, -0.05) is 6.08 Å². The van der Waals surface area contributed by atoms with Crippen LogP contribution in [-0.2, 0) is 8.85 Å². The second-order valence-corrected chi connectivity index (χ2v) is 2.61. The van der Waals surface area contributed by atoms with Gasteiger partial charge in [-0.15, -0.1) is 6.58 Å². The van der Waals surface area contributed by atoms with Crippen molar-refractivity contribution in [3.63, 3.8) is 0 Å². The summed E-state index contributed by atoms with van der Waals surface area (Å²) < 4.78 is 9.84. The van der Waals surface area contributed by atoms with Crippen LogP contribution in [0, 0.1) is 0 Å². The van der Waals surface area contributed by atoms with Gasteiger partial charge in [-0.25, -0.2) is 0 Å². The fraction of sp³-hybridized carbons (Fsp3) is 0.600. The molecule has 0 radical (unpaired) electrons. The summed E-state index contributed by atoms with van der Waals surface area (Å²) in [6.07, 6.45) is 2.76. The molecule has 0 atom stereocenters. The molecule has 0 heterocycles. The normalized spacial score (nSPS) is 10.6. The van der Waals surface area contributed by atoms with E-state index in [1.54, 1.807) is 7.11 Å². The summed E-state index contributed by atoms with van der Waals surface area (Å²) in [6.45, 7) is 4.32. The van der Waals surface area contributed by atoms with Crippen LogP contribution in [-0.4, -0.2) is 23.7 Å². The van der Waals surface area contributed by atoms with E-state index in [0.717, 1.165) is 13.0 Å². The molecule has 0 fully saturated rings. The molecule has 0 amide bonds. The molecule has 3 heteroatoms. The van der Waals surface area contributed by atoms with E-state index < -0.39 is 10.0 Å². The van der Waals surface area contributed by atoms with Crippen molar-refractivity contribution in [3.8, 4) is 0 Å². The van der Waals surface area contributed by atoms with Gasteiger partial charge in [0.1, 0.15) is 0 Å². The SMILES string of the molecule is C=CCCO[SiH2]OC. The monoisotopic (exact) mass is 132 g/mol. The molecule has 0 N–H and O–H groups in total. The Morgan fingerprint density at radius 1 is 1.75 bits per heavy atom. The zero-order valence-electron chi connectivity index (χ0n) is 5.22. The second-order valence-electron chi connectivity index (χ2n) is 1.39. The lowest BCUT2D eigenvalue weighted by Crippen LogP contribution is -2.01. The van der Waals surface area contributed by atoms with Gasteiger partial charge < -0.3 is 8.85 Å². The average molecular weight is 132 g/mol. The third-order valence-electron chi connectivity index (χ3n) is 0.667. The predicted octanol–water partition coefficient (Wildman–Crippen LogP) is 0.224. The Kier molecular flexibility index (Phi) is 6.77. The first-order chi connectivity index (χ1) is 3.91. The van der Waals surface area contributed by atoms with E-state index in [2.05, 4.69) is 6.58 Å². The Bertz CT molecular complexity index is 56.4. The number of hydrogen-bond donors (Lipinski definition) is 0. The van der Waals surface area contributed by atoms with Gasteiger partial charge in [0.2, 0.25) is 0 Å². The summed E-state index contributed by atoms with van der Waals surface area (Å²) in [4.78, 5) is 0. The molecule has 0 saturated heterocycles. The van der Waals surface area contributed by atoms with Crippen LogP contribution in [0.2, 0.25) is 0 Å². The van der Waals surface area contributed by atoms with E-state index in [1.165, 1.54) is 0 Å². The maximum atomic E-state index is 5.07. The van der Waals surface area contributed by atoms with E-state index in [9.17, 15) is 0 Å². The highest BCUT2D eigenvalue weighted by molar-refractivity contribution is 6.17. The first kappa shape index (κ1) is 7.88. The van der Waals surface area contributed by atoms with Crippen molar-refractivity contribution in [2.45, 2.75) is 6.42 Å². The first-order valence-corrected chi connectivity index (χ1v) is 3.75. The van der Waals surface area contributed by atoms with Gasteiger partial charge in [0.25, 0.3) is 0 Å². The molecule has 0 rings (SSSR count). The Morgan fingerprint density at radius 2 is 2.50 bits per heavy atom. The molecule has 0 aromatic carbocycles. The molecular formula is C5H12O2Si. The van der Waals surface area contributed by atoms with Crippen LogP contribution < -0.4 is 0 Å². The third-order valence-corrected chi connectivity index (χ3v) is 1.36. The Hall–Kier alpha value is -0.123. The van der Waals surface area contributed by atoms with E-state index >= 15 is 0 Å². The van der Waals surface area contributed by atoms with Gasteiger partial charge in [0.15, 0.2) is 0 Å². The molecule has 0 aromatic rings. The lowest BCUT2D eigenvalue weighted by Gasteiger charge is -1.96. The molecule has 8 heavy (non-hydrogen) atoms. The predicted molar refractivity (Wildman–Crippen MR) is 36.3 cm³/mol. The third kappa shape index (κ3) is 5.88. The summed E-state index contributed by atoms with van der Waals surface area (Å²) in [5, 5.41) is 0. The summed E-state index contributed by atoms with van der Waals surface area (Å²) in [5.74, 6) is 0. The van der Waals surface area contributed by atoms with Gasteiger partial charge in [-0.2, -0.15) is 0 Å². The van der Waals surface area contributed by atoms with Crippen LogP contribution in [0.25, 0.3) is 0 Å². The number of hydrogen-bond acceptors (Lipinski definition) is 2. The molecular weight excluding hydrogens is 120 g/mol. The van der Waals surface area contributed by atoms with E-state index in [1.807, 2.05) is 6.08 Å². The molecule has 0 bridgehead atoms. The molecule has 0 aliphatic heterocycles. The smallest absolute Gasteiger partial charge is 0.304 e. The summed E-state index contributed by atoms with van der Waals surface area (Å²) in [6, 6.07) is 0. The van der Waals surface area contributed by atoms with Crippen LogP contribution in [0.5, 0.6) is 0 Å². The van der Waals surface area contributed by atoms with Crippen LogP contribution >= 0.6 is 0 Å². The zero-order valence-corrected chi connectivity index (χ0v) is 6.64. The fourth-order valence-electron chi connectivity index (χ4n) is 0.309. The van der Waals surface area contributed by atoms with Crippen molar-refractivity contribution in [1.82, 2.24) is 0 Å². The second kappa shape index (κ2) is 6.88. The topological polar surface area (TPSA) is 18.5 Å². The molecule has 0 aromatic heterocycles. The highest BCUT2D eigenvalue weighted by Crippen LogP contribution is 1.79. The van der Waals surface area contributed by atoms with Gasteiger partial charge in [-0.05, 0) is 6.42 Å². The Labute approximate surface area is 52.6 Å². The molecule has 0 saturated carbocycles. The van der Waals surface area contributed by atoms with Gasteiger partial charge in [-0.3, -0.25) is 0 Å². The molecule has 2 nitrogen and oxygen atoms in total. The van der Waals surface area contributed by atoms with Crippen molar-refractivity contribution in [3.05, 3.63) is 12.7 Å². The summed E-state index contributed by atoms with van der Waals surface area (Å²) >= 11 is 0. The summed E-state index contributed by atoms with van der Waals surface area (Å²) in [5.41, 5.74) is 0. The van der Waals surface area contributed by atoms with Gasteiger partial charge in [0, 0.05) is 13.7 Å². The molecule has 0 spiro atoms. The van der Waals surface area contributed by atoms with E-state index in [0.29, 0.717) is 0 Å². The zero-order chi connectivity index (χ0) is 6.24. The van der Waals surface area contributed by atoms with Crippen molar-refractivity contribution in [2.75, 3.05) is 13.7 Å². The Morgan fingerprint density at radius 3 is 3.00 bits per heavy atom. The van der Waals surface area contributed by atoms with Crippen LogP contribution in [0.15, 0.2) is 12.7 Å². The quantitative estimate of drug-likeness (QED) is 0.303. The van der Waals surface area contributed by atoms with E-state index in [4.69, 9.17) is 8.85 Å². The maximum absolute atomic E-state index is 5.07. The molecule has 0 aliphatic rings. The highest BCUT2D eigenvalue weighted by Gasteiger charge is 1.81. The lowest BCUT2D eigenvalue weighted by molar-refractivity contribution is 0.260. The van der Waals surface area contributed by atoms with Crippen LogP contribution in [0.4, 0.5) is 0 Å². The molecule has 0 unspecified atom stereocenters. The van der Waals surface area contributed by atoms with Crippen molar-refractivity contribution >= 4 is 10.0 Å². The standard InChI is InChI=1S/C5H12O2Si/c1-3-4-5-7-8-6-2/h3H,1,4-5,8H2,2H3. The van der Waals surface area contributed by atoms with Crippen molar-refractivity contribution in [2.24, 2.45) is 0 Å². The van der Waals surface area contributed by atoms with Crippen LogP contribution in [0.3, 0.4) is 0 Å². The molecule has 48 valence electrons. The van der Waals surface area contributed by atoms with Crippen molar-refractivity contribution < 1.29 is 8.85 Å². The molecule has 0 aliphatic carbocycles. The first-order valence-electron chi connectivity index (χ1n) is 2.59. The largest absolute Gasteiger partial charge is 0.402 e. The fourth-order valence-corrected chi connectivity index (χ4v) is 0.760. The van der Waals surface area contributed by atoms with Gasteiger partial charge in [0.05, 0.1) is 0 Å². The number of rotatable bonds is 5. The highest BCUT2D eigenvalue weighted by atomic mass is 28.3. The van der Waals surface area contributed by atoms with Crippen LogP contribution in [0.1, 0.15) is 6.42 Å². The Balaban J connectivity index is 2.62. The average Bonchev–Trinajstić information content (AvgIpc) is 1.81. The van der Waals surface area contributed by atoms with Gasteiger partial charge >= 0.3 is 10.0 Å². The van der Waals surface area contributed by atoms with E-state index in [-0.39, 0.29) is 0 Å². The minimum atomic E-state index is -0.646. The van der Waals surface area contributed by atoms with Crippen molar-refractivity contribution in [1.29, 1.82) is 0 Å². The minimum absolute atomic E-state index is 0.646. The summed E-state index contributed by atoms with van der Waals surface area (Å²) in [7, 11) is 1.02. The lowest BCUT2D eigenvalue weighted by atomic mass is 10.5. The maximum Gasteiger partial charge on any atom is 0.304 e.